The van der Waals surface area contributed by atoms with Gasteiger partial charge in [0.2, 0.25) is 6.79 Å². The molecule has 1 aliphatic rings. The van der Waals surface area contributed by atoms with Gasteiger partial charge in [0.05, 0.1) is 17.2 Å². The molecule has 2 heterocycles. The van der Waals surface area contributed by atoms with Crippen LogP contribution in [-0.4, -0.2) is 28.7 Å². The number of hydrazone groups is 1. The van der Waals surface area contributed by atoms with Crippen molar-refractivity contribution in [2.75, 3.05) is 6.79 Å². The zero-order chi connectivity index (χ0) is 19.5. The zero-order valence-corrected chi connectivity index (χ0v) is 17.6. The molecule has 0 saturated heterocycles. The normalized spacial score (nSPS) is 12.5. The van der Waals surface area contributed by atoms with Crippen molar-refractivity contribution < 1.29 is 14.3 Å². The van der Waals surface area contributed by atoms with E-state index in [0.717, 1.165) is 15.6 Å². The first-order valence-corrected chi connectivity index (χ1v) is 9.87. The average molecular weight is 506 g/mol. The summed E-state index contributed by atoms with van der Waals surface area (Å²) in [4.78, 5) is 12.4. The van der Waals surface area contributed by atoms with Crippen LogP contribution in [-0.2, 0) is 6.54 Å². The van der Waals surface area contributed by atoms with E-state index >= 15 is 0 Å². The summed E-state index contributed by atoms with van der Waals surface area (Å²) in [5, 5.41) is 8.33. The number of aromatic nitrogens is 2. The van der Waals surface area contributed by atoms with E-state index in [-0.39, 0.29) is 12.5 Å². The topological polar surface area (TPSA) is 77.7 Å². The van der Waals surface area contributed by atoms with Crippen molar-refractivity contribution >= 4 is 44.0 Å². The third kappa shape index (κ3) is 4.26. The summed E-state index contributed by atoms with van der Waals surface area (Å²) >= 11 is 6.79. The summed E-state index contributed by atoms with van der Waals surface area (Å²) in [6.45, 7) is 0.767. The van der Waals surface area contributed by atoms with Gasteiger partial charge in [0.1, 0.15) is 0 Å². The van der Waals surface area contributed by atoms with Gasteiger partial charge < -0.3 is 9.47 Å². The van der Waals surface area contributed by atoms with E-state index < -0.39 is 5.91 Å². The van der Waals surface area contributed by atoms with Gasteiger partial charge in [-0.3, -0.25) is 9.48 Å². The molecule has 142 valence electrons. The van der Waals surface area contributed by atoms with Crippen LogP contribution in [0.5, 0.6) is 11.5 Å². The minimum atomic E-state index is -0.404. The highest BCUT2D eigenvalue weighted by atomic mass is 79.9. The molecule has 7 nitrogen and oxygen atoms in total. The number of hydrogen-bond donors (Lipinski definition) is 1. The van der Waals surface area contributed by atoms with Crippen molar-refractivity contribution in [2.45, 2.75) is 6.54 Å². The molecule has 0 spiro atoms. The largest absolute Gasteiger partial charge is 0.454 e. The Labute approximate surface area is 177 Å². The lowest BCUT2D eigenvalue weighted by Crippen LogP contribution is -2.19. The molecule has 0 aliphatic carbocycles. The van der Waals surface area contributed by atoms with E-state index in [2.05, 4.69) is 47.5 Å². The Morgan fingerprint density at radius 3 is 2.79 bits per heavy atom. The van der Waals surface area contributed by atoms with Gasteiger partial charge in [-0.1, -0.05) is 28.1 Å². The fraction of sp³-hybridized carbons (Fsp3) is 0.105. The van der Waals surface area contributed by atoms with Gasteiger partial charge in [0, 0.05) is 10.7 Å². The first kappa shape index (κ1) is 18.7. The lowest BCUT2D eigenvalue weighted by Gasteiger charge is -2.02. The Hall–Kier alpha value is -2.65. The summed E-state index contributed by atoms with van der Waals surface area (Å²) < 4.78 is 13.9. The maximum Gasteiger partial charge on any atom is 0.293 e. The number of carbonyl (C=O) groups is 1. The van der Waals surface area contributed by atoms with E-state index in [1.165, 1.54) is 6.21 Å². The van der Waals surface area contributed by atoms with Gasteiger partial charge in [-0.25, -0.2) is 5.43 Å². The second kappa shape index (κ2) is 8.15. The molecule has 1 aliphatic heterocycles. The van der Waals surface area contributed by atoms with Crippen LogP contribution in [0.3, 0.4) is 0 Å². The van der Waals surface area contributed by atoms with Gasteiger partial charge in [-0.05, 0) is 57.4 Å². The molecular weight excluding hydrogens is 492 g/mol. The second-order valence-electron chi connectivity index (χ2n) is 5.96. The number of carbonyl (C=O) groups excluding carboxylic acids is 1. The number of hydrogen-bond acceptors (Lipinski definition) is 5. The quantitative estimate of drug-likeness (QED) is 0.420. The number of nitrogens with one attached hydrogen (secondary N) is 1. The van der Waals surface area contributed by atoms with Crippen LogP contribution in [0.15, 0.2) is 62.7 Å². The second-order valence-corrected chi connectivity index (χ2v) is 7.73. The van der Waals surface area contributed by atoms with E-state index in [1.54, 1.807) is 23.0 Å². The minimum Gasteiger partial charge on any atom is -0.454 e. The molecule has 1 N–H and O–H groups in total. The molecule has 3 aromatic rings. The Morgan fingerprint density at radius 1 is 1.18 bits per heavy atom. The van der Waals surface area contributed by atoms with E-state index in [1.807, 2.05) is 30.3 Å². The van der Waals surface area contributed by atoms with Crippen molar-refractivity contribution in [3.8, 4) is 11.5 Å². The Kier molecular flexibility index (Phi) is 5.45. The van der Waals surface area contributed by atoms with Crippen LogP contribution in [0.4, 0.5) is 0 Å². The number of ether oxygens (including phenoxy) is 2. The maximum atomic E-state index is 12.4. The lowest BCUT2D eigenvalue weighted by molar-refractivity contribution is 0.0948. The van der Waals surface area contributed by atoms with Crippen molar-refractivity contribution in [3.05, 3.63) is 74.4 Å². The third-order valence-electron chi connectivity index (χ3n) is 3.97. The van der Waals surface area contributed by atoms with Crippen molar-refractivity contribution in [3.63, 3.8) is 0 Å². The fourth-order valence-corrected chi connectivity index (χ4v) is 3.38. The zero-order valence-electron chi connectivity index (χ0n) is 14.4. The minimum absolute atomic E-state index is 0.212. The van der Waals surface area contributed by atoms with E-state index in [4.69, 9.17) is 9.47 Å². The predicted octanol–water partition coefficient (Wildman–Crippen LogP) is 3.95. The summed E-state index contributed by atoms with van der Waals surface area (Å²) in [6, 6.07) is 13.3. The Morgan fingerprint density at radius 2 is 1.96 bits per heavy atom. The molecular formula is C19H14Br2N4O3. The number of fused-ring (bicyclic) bond motifs is 1. The highest BCUT2D eigenvalue weighted by molar-refractivity contribution is 9.10. The van der Waals surface area contributed by atoms with Crippen LogP contribution in [0.1, 0.15) is 21.6 Å². The standard InChI is InChI=1S/C19H14Br2N4O3/c20-14-4-1-12(2-5-14)9-25-10-15(21)18(24-25)19(26)23-22-8-13-3-6-16-17(7-13)28-11-27-16/h1-8,10H,9,11H2,(H,23,26)/b22-8+. The van der Waals surface area contributed by atoms with E-state index in [9.17, 15) is 4.79 Å². The Bertz CT molecular complexity index is 1050. The first-order chi connectivity index (χ1) is 13.6. The summed E-state index contributed by atoms with van der Waals surface area (Å²) in [7, 11) is 0. The predicted molar refractivity (Wildman–Crippen MR) is 111 cm³/mol. The SMILES string of the molecule is O=C(N/N=C/c1ccc2c(c1)OCO2)c1nn(Cc2ccc(Br)cc2)cc1Br. The van der Waals surface area contributed by atoms with Gasteiger partial charge in [-0.2, -0.15) is 10.2 Å². The van der Waals surface area contributed by atoms with Crippen LogP contribution in [0.2, 0.25) is 0 Å². The molecule has 0 unspecified atom stereocenters. The van der Waals surface area contributed by atoms with Crippen LogP contribution in [0, 0.1) is 0 Å². The Balaban J connectivity index is 1.40. The number of halogens is 2. The number of benzene rings is 2. The molecule has 9 heteroatoms. The molecule has 1 aromatic heterocycles. The number of nitrogens with zero attached hydrogens (tertiary/aromatic N) is 3. The highest BCUT2D eigenvalue weighted by Crippen LogP contribution is 2.31. The number of amides is 1. The first-order valence-electron chi connectivity index (χ1n) is 8.29. The summed E-state index contributed by atoms with van der Waals surface area (Å²) in [5.74, 6) is 0.949. The maximum absolute atomic E-state index is 12.4. The monoisotopic (exact) mass is 504 g/mol. The van der Waals surface area contributed by atoms with Crippen LogP contribution < -0.4 is 14.9 Å². The molecule has 28 heavy (non-hydrogen) atoms. The number of rotatable bonds is 5. The third-order valence-corrected chi connectivity index (χ3v) is 5.08. The summed E-state index contributed by atoms with van der Waals surface area (Å²) in [6.07, 6.45) is 3.30. The van der Waals surface area contributed by atoms with Crippen molar-refractivity contribution in [2.24, 2.45) is 5.10 Å². The van der Waals surface area contributed by atoms with Gasteiger partial charge in [0.15, 0.2) is 17.2 Å². The molecule has 0 bridgehead atoms. The van der Waals surface area contributed by atoms with Gasteiger partial charge in [-0.15, -0.1) is 0 Å². The lowest BCUT2D eigenvalue weighted by atomic mass is 10.2. The van der Waals surface area contributed by atoms with Crippen molar-refractivity contribution in [1.29, 1.82) is 0 Å². The molecule has 4 rings (SSSR count). The summed E-state index contributed by atoms with van der Waals surface area (Å²) in [5.41, 5.74) is 4.61. The highest BCUT2D eigenvalue weighted by Gasteiger charge is 2.15. The van der Waals surface area contributed by atoms with Crippen molar-refractivity contribution in [1.82, 2.24) is 15.2 Å². The molecule has 0 saturated carbocycles. The molecule has 2 aromatic carbocycles. The van der Waals surface area contributed by atoms with Crippen LogP contribution in [0.25, 0.3) is 0 Å². The average Bonchev–Trinajstić information content (AvgIpc) is 3.29. The van der Waals surface area contributed by atoms with Gasteiger partial charge in [0.25, 0.3) is 5.91 Å². The molecule has 1 amide bonds. The smallest absolute Gasteiger partial charge is 0.293 e. The molecule has 0 fully saturated rings. The van der Waals surface area contributed by atoms with E-state index in [0.29, 0.717) is 22.5 Å². The molecule has 0 radical (unpaired) electrons. The molecule has 0 atom stereocenters. The van der Waals surface area contributed by atoms with Gasteiger partial charge >= 0.3 is 0 Å². The fourth-order valence-electron chi connectivity index (χ4n) is 2.62. The van der Waals surface area contributed by atoms with Crippen LogP contribution >= 0.6 is 31.9 Å².